The average Bonchev–Trinajstić information content (AvgIpc) is 2.53. The van der Waals surface area contributed by atoms with Gasteiger partial charge in [-0.05, 0) is 70.5 Å². The van der Waals surface area contributed by atoms with Gasteiger partial charge >= 0.3 is 0 Å². The second kappa shape index (κ2) is 7.10. The molecule has 4 nitrogen and oxygen atoms in total. The second-order valence-corrected chi connectivity index (χ2v) is 7.44. The average molecular weight is 293 g/mol. The van der Waals surface area contributed by atoms with Crippen LogP contribution in [0.5, 0.6) is 0 Å². The van der Waals surface area contributed by atoms with Crippen LogP contribution < -0.4 is 10.6 Å². The summed E-state index contributed by atoms with van der Waals surface area (Å²) in [6.45, 7) is 3.22. The quantitative estimate of drug-likeness (QED) is 0.833. The minimum atomic E-state index is 0.0654. The first-order valence-electron chi connectivity index (χ1n) is 8.94. The molecule has 3 fully saturated rings. The van der Waals surface area contributed by atoms with Gasteiger partial charge in [-0.15, -0.1) is 0 Å². The summed E-state index contributed by atoms with van der Waals surface area (Å²) in [5.74, 6) is 1.76. The van der Waals surface area contributed by atoms with Crippen LogP contribution in [-0.4, -0.2) is 49.6 Å². The number of hydrogen-bond acceptors (Lipinski definition) is 3. The molecule has 0 aromatic carbocycles. The zero-order chi connectivity index (χ0) is 14.7. The van der Waals surface area contributed by atoms with Gasteiger partial charge in [-0.25, -0.2) is 0 Å². The number of carbonyl (C=O) groups is 1. The van der Waals surface area contributed by atoms with Gasteiger partial charge in [0.15, 0.2) is 0 Å². The molecular weight excluding hydrogens is 262 g/mol. The molecule has 2 aliphatic heterocycles. The number of hydrogen-bond donors (Lipinski definition) is 2. The van der Waals surface area contributed by atoms with Crippen LogP contribution in [0.3, 0.4) is 0 Å². The van der Waals surface area contributed by atoms with E-state index in [4.69, 9.17) is 0 Å². The topological polar surface area (TPSA) is 44.4 Å². The summed E-state index contributed by atoms with van der Waals surface area (Å²) in [5.41, 5.74) is 0. The first kappa shape index (κ1) is 15.3. The van der Waals surface area contributed by atoms with Gasteiger partial charge in [0.2, 0.25) is 5.91 Å². The van der Waals surface area contributed by atoms with Crippen molar-refractivity contribution in [3.63, 3.8) is 0 Å². The number of rotatable bonds is 3. The van der Waals surface area contributed by atoms with E-state index in [9.17, 15) is 4.79 Å². The molecule has 120 valence electrons. The molecule has 1 saturated carbocycles. The molecule has 1 aliphatic carbocycles. The molecule has 3 atom stereocenters. The molecule has 0 bridgehead atoms. The van der Waals surface area contributed by atoms with Gasteiger partial charge in [0.25, 0.3) is 0 Å². The van der Waals surface area contributed by atoms with Gasteiger partial charge in [0.05, 0.1) is 6.04 Å². The maximum absolute atomic E-state index is 12.4. The lowest BCUT2D eigenvalue weighted by molar-refractivity contribution is -0.124. The van der Waals surface area contributed by atoms with Crippen LogP contribution in [-0.2, 0) is 4.79 Å². The van der Waals surface area contributed by atoms with E-state index in [0.29, 0.717) is 12.0 Å². The summed E-state index contributed by atoms with van der Waals surface area (Å²) in [6.07, 6.45) is 10.1. The largest absolute Gasteiger partial charge is 0.354 e. The van der Waals surface area contributed by atoms with Crippen molar-refractivity contribution >= 4 is 5.91 Å². The van der Waals surface area contributed by atoms with E-state index in [1.165, 1.54) is 58.0 Å². The highest BCUT2D eigenvalue weighted by Crippen LogP contribution is 2.32. The van der Waals surface area contributed by atoms with E-state index in [2.05, 4.69) is 22.6 Å². The SMILES string of the molecule is CN1CCC(CNC(=O)C2CCC3CCCCC3N2)CC1. The van der Waals surface area contributed by atoms with E-state index in [-0.39, 0.29) is 11.9 Å². The summed E-state index contributed by atoms with van der Waals surface area (Å²) in [7, 11) is 2.18. The van der Waals surface area contributed by atoms with Crippen LogP contribution in [0.15, 0.2) is 0 Å². The van der Waals surface area contributed by atoms with Crippen LogP contribution in [0.4, 0.5) is 0 Å². The third-order valence-corrected chi connectivity index (χ3v) is 5.87. The van der Waals surface area contributed by atoms with E-state index < -0.39 is 0 Å². The molecule has 2 heterocycles. The highest BCUT2D eigenvalue weighted by atomic mass is 16.2. The first-order valence-corrected chi connectivity index (χ1v) is 8.94. The molecule has 3 rings (SSSR count). The summed E-state index contributed by atoms with van der Waals surface area (Å²) in [6, 6.07) is 0.669. The summed E-state index contributed by atoms with van der Waals surface area (Å²) in [5, 5.41) is 6.84. The number of nitrogens with zero attached hydrogens (tertiary/aromatic N) is 1. The predicted molar refractivity (Wildman–Crippen MR) is 85.1 cm³/mol. The van der Waals surface area contributed by atoms with Crippen molar-refractivity contribution in [1.29, 1.82) is 0 Å². The van der Waals surface area contributed by atoms with Gasteiger partial charge in [0.1, 0.15) is 0 Å². The van der Waals surface area contributed by atoms with Gasteiger partial charge in [-0.1, -0.05) is 12.8 Å². The molecular formula is C17H31N3O. The van der Waals surface area contributed by atoms with E-state index in [0.717, 1.165) is 18.9 Å². The zero-order valence-electron chi connectivity index (χ0n) is 13.4. The molecule has 0 aromatic rings. The Morgan fingerprint density at radius 2 is 1.86 bits per heavy atom. The van der Waals surface area contributed by atoms with Gasteiger partial charge in [-0.3, -0.25) is 4.79 Å². The highest BCUT2D eigenvalue weighted by molar-refractivity contribution is 5.81. The van der Waals surface area contributed by atoms with Crippen molar-refractivity contribution in [3.8, 4) is 0 Å². The van der Waals surface area contributed by atoms with Gasteiger partial charge in [-0.2, -0.15) is 0 Å². The Kier molecular flexibility index (Phi) is 5.17. The van der Waals surface area contributed by atoms with Crippen molar-refractivity contribution in [3.05, 3.63) is 0 Å². The number of carbonyl (C=O) groups excluding carboxylic acids is 1. The van der Waals surface area contributed by atoms with Crippen LogP contribution in [0.2, 0.25) is 0 Å². The Morgan fingerprint density at radius 1 is 1.10 bits per heavy atom. The molecule has 21 heavy (non-hydrogen) atoms. The normalized spacial score (nSPS) is 35.2. The smallest absolute Gasteiger partial charge is 0.237 e. The van der Waals surface area contributed by atoms with Crippen molar-refractivity contribution < 1.29 is 4.79 Å². The first-order chi connectivity index (χ1) is 10.2. The maximum atomic E-state index is 12.4. The highest BCUT2D eigenvalue weighted by Gasteiger charge is 2.34. The molecule has 0 aromatic heterocycles. The monoisotopic (exact) mass is 293 g/mol. The van der Waals surface area contributed by atoms with Gasteiger partial charge < -0.3 is 15.5 Å². The zero-order valence-corrected chi connectivity index (χ0v) is 13.4. The fourth-order valence-corrected chi connectivity index (χ4v) is 4.34. The van der Waals surface area contributed by atoms with E-state index in [1.807, 2.05) is 0 Å². The lowest BCUT2D eigenvalue weighted by atomic mass is 9.77. The number of amides is 1. The Labute approximate surface area is 129 Å². The molecule has 2 N–H and O–H groups in total. The Balaban J connectivity index is 1.41. The minimum Gasteiger partial charge on any atom is -0.354 e. The van der Waals surface area contributed by atoms with Crippen molar-refractivity contribution in [2.45, 2.75) is 63.5 Å². The second-order valence-electron chi connectivity index (χ2n) is 7.44. The Bertz CT molecular complexity index is 352. The molecule has 2 saturated heterocycles. The summed E-state index contributed by atoms with van der Waals surface area (Å²) < 4.78 is 0. The Morgan fingerprint density at radius 3 is 2.67 bits per heavy atom. The van der Waals surface area contributed by atoms with E-state index >= 15 is 0 Å². The minimum absolute atomic E-state index is 0.0654. The number of fused-ring (bicyclic) bond motifs is 1. The molecule has 1 amide bonds. The lowest BCUT2D eigenvalue weighted by Gasteiger charge is -2.40. The van der Waals surface area contributed by atoms with Gasteiger partial charge in [0, 0.05) is 12.6 Å². The fraction of sp³-hybridized carbons (Fsp3) is 0.941. The number of nitrogens with one attached hydrogen (secondary N) is 2. The molecule has 3 unspecified atom stereocenters. The molecule has 0 radical (unpaired) electrons. The van der Waals surface area contributed by atoms with Crippen LogP contribution in [0, 0.1) is 11.8 Å². The standard InChI is InChI=1S/C17H31N3O/c1-20-10-8-13(9-11-20)12-18-17(21)16-7-6-14-4-2-3-5-15(14)19-16/h13-16,19H,2-12H2,1H3,(H,18,21). The van der Waals surface area contributed by atoms with Crippen molar-refractivity contribution in [2.24, 2.45) is 11.8 Å². The number of piperidine rings is 2. The van der Waals surface area contributed by atoms with Crippen molar-refractivity contribution in [1.82, 2.24) is 15.5 Å². The Hall–Kier alpha value is -0.610. The number of likely N-dealkylation sites (tertiary alicyclic amines) is 1. The summed E-state index contributed by atoms with van der Waals surface area (Å²) in [4.78, 5) is 14.8. The predicted octanol–water partition coefficient (Wildman–Crippen LogP) is 1.76. The maximum Gasteiger partial charge on any atom is 0.237 e. The lowest BCUT2D eigenvalue weighted by Crippen LogP contribution is -2.55. The third kappa shape index (κ3) is 3.98. The van der Waals surface area contributed by atoms with Crippen LogP contribution in [0.1, 0.15) is 51.4 Å². The molecule has 0 spiro atoms. The fourth-order valence-electron chi connectivity index (χ4n) is 4.34. The molecule has 3 aliphatic rings. The van der Waals surface area contributed by atoms with Crippen LogP contribution >= 0.6 is 0 Å². The van der Waals surface area contributed by atoms with Crippen LogP contribution in [0.25, 0.3) is 0 Å². The summed E-state index contributed by atoms with van der Waals surface area (Å²) >= 11 is 0. The van der Waals surface area contributed by atoms with Crippen molar-refractivity contribution in [2.75, 3.05) is 26.7 Å². The third-order valence-electron chi connectivity index (χ3n) is 5.87. The van der Waals surface area contributed by atoms with E-state index in [1.54, 1.807) is 0 Å². The molecule has 4 heteroatoms.